The average Bonchev–Trinajstić information content (AvgIpc) is 2.99. The van der Waals surface area contributed by atoms with E-state index in [9.17, 15) is 4.79 Å². The number of rotatable bonds is 0. The Kier molecular flexibility index (Phi) is 4.66. The molecular weight excluding hydrogens is 344 g/mol. The SMILES string of the molecule is CC12OCCOC3CC[C@@H]4[C@H](CC[C@]5(C)C(=O)CC[C@@H]45)[C@H]3CC1OCCO2. The molecule has 5 nitrogen and oxygen atoms in total. The van der Waals surface area contributed by atoms with Gasteiger partial charge in [-0.1, -0.05) is 6.92 Å². The van der Waals surface area contributed by atoms with Crippen LogP contribution in [0.1, 0.15) is 58.8 Å². The van der Waals surface area contributed by atoms with Gasteiger partial charge >= 0.3 is 0 Å². The summed E-state index contributed by atoms with van der Waals surface area (Å²) in [6.45, 7) is 6.71. The maximum absolute atomic E-state index is 12.6. The number of carbonyl (C=O) groups excluding carboxylic acids is 1. The van der Waals surface area contributed by atoms with Crippen molar-refractivity contribution < 1.29 is 23.7 Å². The van der Waals surface area contributed by atoms with Crippen LogP contribution >= 0.6 is 0 Å². The third-order valence-electron chi connectivity index (χ3n) is 8.68. The number of fused-ring (bicyclic) bond motifs is 6. The minimum absolute atomic E-state index is 0.0299. The lowest BCUT2D eigenvalue weighted by molar-refractivity contribution is -0.318. The number of hydrogen-bond donors (Lipinski definition) is 0. The van der Waals surface area contributed by atoms with Crippen LogP contribution in [0.15, 0.2) is 0 Å². The molecule has 0 radical (unpaired) electrons. The molecule has 152 valence electrons. The highest BCUT2D eigenvalue weighted by Crippen LogP contribution is 2.60. The second kappa shape index (κ2) is 6.79. The van der Waals surface area contributed by atoms with Gasteiger partial charge in [0.25, 0.3) is 0 Å². The summed E-state index contributed by atoms with van der Waals surface area (Å²) >= 11 is 0. The molecule has 5 fully saturated rings. The zero-order valence-electron chi connectivity index (χ0n) is 16.8. The van der Waals surface area contributed by atoms with Crippen molar-refractivity contribution in [3.05, 3.63) is 0 Å². The Morgan fingerprint density at radius 1 is 0.852 bits per heavy atom. The standard InChI is InChI=1S/C22H34O5/c1-21-8-7-14-15(17(21)4-6-19(21)23)3-5-18-16(14)13-20-22(2,26-11-9-24-18)27-12-10-25-20/h14-18,20H,3-13H2,1-2H3/t14-,15+,16+,17-,18?,20?,21-,22?/m0/s1. The van der Waals surface area contributed by atoms with Gasteiger partial charge in [0, 0.05) is 11.8 Å². The normalized spacial score (nSPS) is 53.2. The fourth-order valence-corrected chi connectivity index (χ4v) is 7.20. The van der Waals surface area contributed by atoms with E-state index in [1.165, 1.54) is 6.42 Å². The predicted molar refractivity (Wildman–Crippen MR) is 99.2 cm³/mol. The highest BCUT2D eigenvalue weighted by Gasteiger charge is 2.57. The second-order valence-electron chi connectivity index (χ2n) is 9.81. The molecule has 0 aromatic heterocycles. The summed E-state index contributed by atoms with van der Waals surface area (Å²) in [6.07, 6.45) is 7.62. The van der Waals surface area contributed by atoms with E-state index in [4.69, 9.17) is 18.9 Å². The van der Waals surface area contributed by atoms with Gasteiger partial charge in [-0.05, 0) is 69.1 Å². The fraction of sp³-hybridized carbons (Fsp3) is 0.955. The fourth-order valence-electron chi connectivity index (χ4n) is 7.20. The van der Waals surface area contributed by atoms with Gasteiger partial charge in [-0.2, -0.15) is 0 Å². The van der Waals surface area contributed by atoms with Crippen LogP contribution in [0, 0.1) is 29.1 Å². The van der Waals surface area contributed by atoms with E-state index in [1.54, 1.807) is 0 Å². The van der Waals surface area contributed by atoms with Crippen LogP contribution in [-0.2, 0) is 23.7 Å². The molecule has 27 heavy (non-hydrogen) atoms. The first-order valence-electron chi connectivity index (χ1n) is 11.1. The summed E-state index contributed by atoms with van der Waals surface area (Å²) in [6, 6.07) is 0. The smallest absolute Gasteiger partial charge is 0.191 e. The van der Waals surface area contributed by atoms with E-state index in [-0.39, 0.29) is 11.5 Å². The van der Waals surface area contributed by atoms with Gasteiger partial charge in [0.05, 0.1) is 32.5 Å². The quantitative estimate of drug-likeness (QED) is 0.647. The van der Waals surface area contributed by atoms with E-state index in [1.807, 2.05) is 6.92 Å². The summed E-state index contributed by atoms with van der Waals surface area (Å²) < 4.78 is 24.6. The molecule has 0 aromatic carbocycles. The largest absolute Gasteiger partial charge is 0.376 e. The summed E-state index contributed by atoms with van der Waals surface area (Å²) in [5, 5.41) is 0. The molecule has 2 saturated heterocycles. The van der Waals surface area contributed by atoms with Crippen molar-refractivity contribution in [2.45, 2.75) is 76.8 Å². The molecule has 2 aliphatic heterocycles. The predicted octanol–water partition coefficient (Wildman–Crippen LogP) is 3.35. The summed E-state index contributed by atoms with van der Waals surface area (Å²) in [5.74, 6) is 2.22. The first-order chi connectivity index (χ1) is 13.0. The van der Waals surface area contributed by atoms with Crippen molar-refractivity contribution in [2.75, 3.05) is 26.4 Å². The molecule has 5 rings (SSSR count). The van der Waals surface area contributed by atoms with Crippen LogP contribution in [0.25, 0.3) is 0 Å². The minimum Gasteiger partial charge on any atom is -0.376 e. The number of ketones is 1. The van der Waals surface area contributed by atoms with Gasteiger partial charge in [0.1, 0.15) is 11.9 Å². The number of Topliss-reactive ketones (excluding diaryl/α,β-unsaturated/α-hetero) is 1. The number of ether oxygens (including phenoxy) is 4. The first kappa shape index (κ1) is 18.5. The monoisotopic (exact) mass is 378 g/mol. The van der Waals surface area contributed by atoms with E-state index < -0.39 is 5.79 Å². The molecule has 5 aliphatic rings. The van der Waals surface area contributed by atoms with Crippen LogP contribution in [-0.4, -0.2) is 50.2 Å². The van der Waals surface area contributed by atoms with E-state index in [0.717, 1.165) is 38.5 Å². The molecular formula is C22H34O5. The Balaban J connectivity index is 1.42. The van der Waals surface area contributed by atoms with Crippen LogP contribution < -0.4 is 0 Å². The molecule has 5 heteroatoms. The minimum atomic E-state index is -0.657. The molecule has 8 atom stereocenters. The molecule has 0 amide bonds. The third kappa shape index (κ3) is 2.92. The van der Waals surface area contributed by atoms with E-state index >= 15 is 0 Å². The Hall–Kier alpha value is -0.490. The summed E-state index contributed by atoms with van der Waals surface area (Å²) in [4.78, 5) is 12.6. The molecule has 3 unspecified atom stereocenters. The lowest BCUT2D eigenvalue weighted by Crippen LogP contribution is -2.54. The van der Waals surface area contributed by atoms with Crippen molar-refractivity contribution in [1.82, 2.24) is 0 Å². The lowest BCUT2D eigenvalue weighted by Gasteiger charge is -2.53. The van der Waals surface area contributed by atoms with Gasteiger partial charge in [0.2, 0.25) is 0 Å². The van der Waals surface area contributed by atoms with Gasteiger partial charge in [-0.15, -0.1) is 0 Å². The van der Waals surface area contributed by atoms with Crippen LogP contribution in [0.3, 0.4) is 0 Å². The van der Waals surface area contributed by atoms with Crippen molar-refractivity contribution in [1.29, 1.82) is 0 Å². The van der Waals surface area contributed by atoms with Gasteiger partial charge in [-0.25, -0.2) is 0 Å². The van der Waals surface area contributed by atoms with Crippen molar-refractivity contribution in [3.63, 3.8) is 0 Å². The molecule has 3 saturated carbocycles. The maximum Gasteiger partial charge on any atom is 0.191 e. The van der Waals surface area contributed by atoms with Crippen LogP contribution in [0.5, 0.6) is 0 Å². The van der Waals surface area contributed by atoms with Gasteiger partial charge in [-0.3, -0.25) is 4.79 Å². The number of hydrogen-bond acceptors (Lipinski definition) is 5. The molecule has 0 aromatic rings. The molecule has 0 bridgehead atoms. The first-order valence-corrected chi connectivity index (χ1v) is 11.1. The van der Waals surface area contributed by atoms with E-state index in [2.05, 4.69) is 6.92 Å². The third-order valence-corrected chi connectivity index (χ3v) is 8.68. The van der Waals surface area contributed by atoms with Crippen molar-refractivity contribution in [3.8, 4) is 0 Å². The average molecular weight is 379 g/mol. The van der Waals surface area contributed by atoms with Crippen LogP contribution in [0.2, 0.25) is 0 Å². The van der Waals surface area contributed by atoms with Crippen molar-refractivity contribution >= 4 is 5.78 Å². The maximum atomic E-state index is 12.6. The highest BCUT2D eigenvalue weighted by atomic mass is 16.7. The Morgan fingerprint density at radius 2 is 1.63 bits per heavy atom. The number of carbonyl (C=O) groups is 1. The Morgan fingerprint density at radius 3 is 2.44 bits per heavy atom. The molecule has 2 heterocycles. The van der Waals surface area contributed by atoms with Gasteiger partial charge in [0.15, 0.2) is 5.79 Å². The van der Waals surface area contributed by atoms with Crippen LogP contribution in [0.4, 0.5) is 0 Å². The zero-order valence-corrected chi connectivity index (χ0v) is 16.8. The van der Waals surface area contributed by atoms with E-state index in [0.29, 0.717) is 62.0 Å². The van der Waals surface area contributed by atoms with Crippen molar-refractivity contribution in [2.24, 2.45) is 29.1 Å². The Bertz CT molecular complexity index is 593. The highest BCUT2D eigenvalue weighted by molar-refractivity contribution is 5.87. The molecule has 3 aliphatic carbocycles. The lowest BCUT2D eigenvalue weighted by atomic mass is 9.53. The molecule has 0 spiro atoms. The summed E-state index contributed by atoms with van der Waals surface area (Å²) in [5.41, 5.74) is -0.0601. The molecule has 0 N–H and O–H groups in total. The zero-order chi connectivity index (χ0) is 18.6. The summed E-state index contributed by atoms with van der Waals surface area (Å²) in [7, 11) is 0. The second-order valence-corrected chi connectivity index (χ2v) is 9.81. The Labute approximate surface area is 162 Å². The topological polar surface area (TPSA) is 54.0 Å². The van der Waals surface area contributed by atoms with Gasteiger partial charge < -0.3 is 18.9 Å².